The summed E-state index contributed by atoms with van der Waals surface area (Å²) in [6.45, 7) is -0.840. The van der Waals surface area contributed by atoms with Gasteiger partial charge in [-0.25, -0.2) is 4.79 Å². The number of esters is 1. The van der Waals surface area contributed by atoms with Gasteiger partial charge >= 0.3 is 17.3 Å². The number of hydrogen-bond donors (Lipinski definition) is 0. The molecule has 0 aromatic heterocycles. The van der Waals surface area contributed by atoms with Gasteiger partial charge in [0.25, 0.3) is 6.48 Å². The number of carbonyl (C=O) groups is 1. The molecule has 0 spiro atoms. The second-order valence-corrected chi connectivity index (χ2v) is 6.45. The lowest BCUT2D eigenvalue weighted by molar-refractivity contribution is -0.480. The number of rotatable bonds is 2. The van der Waals surface area contributed by atoms with E-state index in [1.54, 1.807) is 24.3 Å². The number of ether oxygens (including phenoxy) is 4. The van der Waals surface area contributed by atoms with Crippen LogP contribution in [0.3, 0.4) is 0 Å². The van der Waals surface area contributed by atoms with Crippen LogP contribution in [-0.4, -0.2) is 53.3 Å². The molecule has 1 aromatic rings. The predicted molar refractivity (Wildman–Crippen MR) is 71.9 cm³/mol. The van der Waals surface area contributed by atoms with E-state index in [1.807, 2.05) is 6.07 Å². The molecule has 0 amide bonds. The topological polar surface area (TPSA) is 89.5 Å². The fraction of sp³-hybridized carbons (Fsp3) is 0.500. The van der Waals surface area contributed by atoms with Crippen LogP contribution in [0, 0.1) is 0 Å². The van der Waals surface area contributed by atoms with E-state index in [0.717, 1.165) is 0 Å². The van der Waals surface area contributed by atoms with Crippen molar-refractivity contribution >= 4 is 17.3 Å². The van der Waals surface area contributed by atoms with Crippen molar-refractivity contribution in [1.29, 1.82) is 0 Å². The molecule has 1 aliphatic carbocycles. The summed E-state index contributed by atoms with van der Waals surface area (Å²) in [5.74, 6) is -0.490. The van der Waals surface area contributed by atoms with Crippen molar-refractivity contribution in [1.82, 2.24) is 0 Å². The van der Waals surface area contributed by atoms with E-state index in [1.165, 1.54) is 0 Å². The van der Waals surface area contributed by atoms with Gasteiger partial charge in [0, 0.05) is 0 Å². The summed E-state index contributed by atoms with van der Waals surface area (Å²) in [6.07, 6.45) is -3.61. The number of benzene rings is 1. The molecular formula is C14H12O8S. The lowest BCUT2D eigenvalue weighted by Crippen LogP contribution is -2.78. The highest BCUT2D eigenvalue weighted by atomic mass is 32.2. The van der Waals surface area contributed by atoms with Gasteiger partial charge in [-0.15, -0.1) is 0 Å². The minimum absolute atomic E-state index is 0.424. The first kappa shape index (κ1) is 14.0. The third kappa shape index (κ3) is 2.09. The van der Waals surface area contributed by atoms with Crippen LogP contribution in [0.4, 0.5) is 0 Å². The van der Waals surface area contributed by atoms with E-state index in [2.05, 4.69) is 0 Å². The molecule has 0 N–H and O–H groups in total. The smallest absolute Gasteiger partial charge is 0.338 e. The van der Waals surface area contributed by atoms with Gasteiger partial charge in [-0.2, -0.15) is 4.21 Å². The lowest BCUT2D eigenvalue weighted by atomic mass is 9.82. The summed E-state index contributed by atoms with van der Waals surface area (Å²) in [5.41, 5.74) is 0.424. The maximum atomic E-state index is 12.3. The highest BCUT2D eigenvalue weighted by molar-refractivity contribution is 7.75. The first-order valence-electron chi connectivity index (χ1n) is 7.19. The predicted octanol–water partition coefficient (Wildman–Crippen LogP) is 0.0547. The molecule has 1 saturated carbocycles. The van der Waals surface area contributed by atoms with Gasteiger partial charge in [0.15, 0.2) is 6.10 Å². The molecule has 4 aliphatic heterocycles. The van der Waals surface area contributed by atoms with E-state index in [4.69, 9.17) is 27.3 Å². The van der Waals surface area contributed by atoms with Crippen LogP contribution in [0.2, 0.25) is 0 Å². The molecule has 23 heavy (non-hydrogen) atoms. The molecule has 1 aromatic carbocycles. The van der Waals surface area contributed by atoms with Crippen molar-refractivity contribution < 1.29 is 36.3 Å². The average molecular weight is 340 g/mol. The number of hydrogen-bond acceptors (Lipinski definition) is 8. The molecule has 4 saturated heterocycles. The maximum absolute atomic E-state index is 12.3. The molecule has 6 rings (SSSR count). The molecule has 8 nitrogen and oxygen atoms in total. The van der Waals surface area contributed by atoms with Gasteiger partial charge in [0.2, 0.25) is 0 Å². The molecule has 122 valence electrons. The van der Waals surface area contributed by atoms with Gasteiger partial charge in [-0.3, -0.25) is 8.37 Å². The minimum Gasteiger partial charge on any atom is -0.453 e. The van der Waals surface area contributed by atoms with Crippen LogP contribution in [-0.2, 0) is 38.7 Å². The van der Waals surface area contributed by atoms with Crippen molar-refractivity contribution in [2.24, 2.45) is 0 Å². The Balaban J connectivity index is 1.43. The molecule has 9 heteroatoms. The molecule has 5 aliphatic rings. The first-order chi connectivity index (χ1) is 11.2. The Labute approximate surface area is 133 Å². The summed E-state index contributed by atoms with van der Waals surface area (Å²) in [7, 11) is 0. The van der Waals surface area contributed by atoms with Crippen LogP contribution in [0.5, 0.6) is 0 Å². The summed E-state index contributed by atoms with van der Waals surface area (Å²) in [4.78, 5) is 12.3. The monoisotopic (exact) mass is 340 g/mol. The molecule has 0 radical (unpaired) electrons. The van der Waals surface area contributed by atoms with Crippen molar-refractivity contribution in [3.8, 4) is 0 Å². The van der Waals surface area contributed by atoms with Crippen LogP contribution in [0.1, 0.15) is 10.4 Å². The van der Waals surface area contributed by atoms with Gasteiger partial charge < -0.3 is 18.9 Å². The maximum Gasteiger partial charge on any atom is 0.338 e. The fourth-order valence-corrected chi connectivity index (χ4v) is 4.24. The molecule has 5 fully saturated rings. The van der Waals surface area contributed by atoms with E-state index >= 15 is 0 Å². The van der Waals surface area contributed by atoms with Gasteiger partial charge in [0.1, 0.15) is 30.5 Å². The Kier molecular flexibility index (Phi) is 3.09. The summed E-state index contributed by atoms with van der Waals surface area (Å²) < 4.78 is 44.4. The zero-order valence-corrected chi connectivity index (χ0v) is 12.4. The second-order valence-electron chi connectivity index (χ2n) is 5.65. The second kappa shape index (κ2) is 5.07. The molecular weight excluding hydrogens is 328 g/mol. The standard InChI is InChI=1S/C14H12O8S/c15-13(6-4-2-1-3-5-6)17-7-8-11-10-12(22-23(16)21-11)9(7)19-14(18-8)20-10/h1-5,7-12,14H/t7?,8-,9+,10?,11+,12-,14?,23?. The Hall–Kier alpha value is -1.36. The normalized spacial score (nSPS) is 46.6. The largest absolute Gasteiger partial charge is 0.453 e. The van der Waals surface area contributed by atoms with Crippen molar-refractivity contribution in [2.45, 2.75) is 43.1 Å². The molecule has 8 atom stereocenters. The quantitative estimate of drug-likeness (QED) is 0.698. The molecule has 4 heterocycles. The van der Waals surface area contributed by atoms with Gasteiger partial charge in [0.05, 0.1) is 5.56 Å². The van der Waals surface area contributed by atoms with Crippen LogP contribution in [0.25, 0.3) is 0 Å². The van der Waals surface area contributed by atoms with Crippen molar-refractivity contribution in [3.05, 3.63) is 35.9 Å². The van der Waals surface area contributed by atoms with Crippen molar-refractivity contribution in [2.75, 3.05) is 0 Å². The van der Waals surface area contributed by atoms with Gasteiger partial charge in [-0.05, 0) is 12.1 Å². The Bertz CT molecular complexity index is 640. The Morgan fingerprint density at radius 3 is 2.17 bits per heavy atom. The zero-order valence-electron chi connectivity index (χ0n) is 11.6. The van der Waals surface area contributed by atoms with Crippen LogP contribution >= 0.6 is 0 Å². The van der Waals surface area contributed by atoms with Crippen LogP contribution < -0.4 is 0 Å². The van der Waals surface area contributed by atoms with E-state index in [9.17, 15) is 9.00 Å². The minimum atomic E-state index is -1.90. The summed E-state index contributed by atoms with van der Waals surface area (Å²) >= 11 is -1.90. The van der Waals surface area contributed by atoms with E-state index < -0.39 is 60.4 Å². The van der Waals surface area contributed by atoms with Gasteiger partial charge in [-0.1, -0.05) is 18.2 Å². The highest BCUT2D eigenvalue weighted by Gasteiger charge is 2.67. The fourth-order valence-electron chi connectivity index (χ4n) is 3.39. The van der Waals surface area contributed by atoms with Crippen molar-refractivity contribution in [3.63, 3.8) is 0 Å². The van der Waals surface area contributed by atoms with E-state index in [-0.39, 0.29) is 0 Å². The van der Waals surface area contributed by atoms with E-state index in [0.29, 0.717) is 5.56 Å². The molecule has 4 unspecified atom stereocenters. The number of carbonyl (C=O) groups excluding carboxylic acids is 1. The average Bonchev–Trinajstić information content (AvgIpc) is 2.57. The Morgan fingerprint density at radius 2 is 1.52 bits per heavy atom. The molecule has 6 bridgehead atoms. The lowest BCUT2D eigenvalue weighted by Gasteiger charge is -2.59. The summed E-state index contributed by atoms with van der Waals surface area (Å²) in [6, 6.07) is 8.62. The SMILES string of the molecule is O=C(OC1[C@H]2OC3OC4[C@H]2OS(=O)O[C@@H]4[C@H]1O3)c1ccccc1. The van der Waals surface area contributed by atoms with Crippen LogP contribution in [0.15, 0.2) is 30.3 Å². The Morgan fingerprint density at radius 1 is 0.913 bits per heavy atom. The zero-order chi connectivity index (χ0) is 15.6. The highest BCUT2D eigenvalue weighted by Crippen LogP contribution is 2.46. The third-order valence-electron chi connectivity index (χ3n) is 4.38. The first-order valence-corrected chi connectivity index (χ1v) is 8.19. The summed E-state index contributed by atoms with van der Waals surface area (Å²) in [5, 5.41) is 0. The third-order valence-corrected chi connectivity index (χ3v) is 5.14.